The van der Waals surface area contributed by atoms with Crippen LogP contribution in [0.15, 0.2) is 0 Å². The van der Waals surface area contributed by atoms with Crippen molar-refractivity contribution in [3.63, 3.8) is 0 Å². The second kappa shape index (κ2) is 27.7. The quantitative estimate of drug-likeness (QED) is 0.0830. The van der Waals surface area contributed by atoms with E-state index in [0.29, 0.717) is 7.92 Å². The monoisotopic (exact) mass is 468 g/mol. The largest absolute Gasteiger partial charge is 0.107 e. The van der Waals surface area contributed by atoms with Crippen LogP contribution in [0.4, 0.5) is 0 Å². The summed E-state index contributed by atoms with van der Waals surface area (Å²) in [5, 5.41) is 0. The molecule has 1 atom stereocenters. The molecule has 1 heteroatoms. The molecule has 194 valence electrons. The van der Waals surface area contributed by atoms with Crippen LogP contribution in [0.3, 0.4) is 0 Å². The van der Waals surface area contributed by atoms with Gasteiger partial charge in [0.1, 0.15) is 0 Å². The Kier molecular flexibility index (Phi) is 28.0. The molecular weight excluding hydrogens is 403 g/mol. The molecule has 0 bridgehead atoms. The van der Waals surface area contributed by atoms with Gasteiger partial charge in [-0.2, -0.15) is 0 Å². The molecule has 0 nitrogen and oxygen atoms in total. The van der Waals surface area contributed by atoms with E-state index < -0.39 is 0 Å². The highest BCUT2D eigenvalue weighted by Crippen LogP contribution is 2.40. The second-order valence-electron chi connectivity index (χ2n) is 10.9. The lowest BCUT2D eigenvalue weighted by Gasteiger charge is -2.20. The van der Waals surface area contributed by atoms with Gasteiger partial charge in [0, 0.05) is 0 Å². The van der Waals surface area contributed by atoms with Crippen molar-refractivity contribution in [3.05, 3.63) is 0 Å². The molecule has 0 aromatic carbocycles. The normalized spacial score (nSPS) is 12.7. The molecule has 0 spiro atoms. The topological polar surface area (TPSA) is 0 Å². The number of unbranched alkanes of at least 4 members (excludes halogenated alkanes) is 18. The van der Waals surface area contributed by atoms with E-state index in [1.54, 1.807) is 18.5 Å². The van der Waals surface area contributed by atoms with E-state index in [-0.39, 0.29) is 0 Å². The fourth-order valence-corrected chi connectivity index (χ4v) is 7.74. The van der Waals surface area contributed by atoms with Gasteiger partial charge in [0.25, 0.3) is 0 Å². The summed E-state index contributed by atoms with van der Waals surface area (Å²) in [6, 6.07) is 0. The third-order valence-electron chi connectivity index (χ3n) is 7.39. The molecule has 1 unspecified atom stereocenters. The average molecular weight is 469 g/mol. The van der Waals surface area contributed by atoms with E-state index in [1.807, 2.05) is 0 Å². The van der Waals surface area contributed by atoms with Gasteiger partial charge >= 0.3 is 0 Å². The minimum atomic E-state index is 0.326. The number of hydrogen-bond acceptors (Lipinski definition) is 0. The predicted molar refractivity (Wildman–Crippen MR) is 154 cm³/mol. The highest BCUT2D eigenvalue weighted by atomic mass is 31.1. The summed E-state index contributed by atoms with van der Waals surface area (Å²) < 4.78 is 0. The first-order valence-electron chi connectivity index (χ1n) is 15.5. The van der Waals surface area contributed by atoms with Gasteiger partial charge in [-0.25, -0.2) is 0 Å². The Morgan fingerprint density at radius 2 is 0.719 bits per heavy atom. The van der Waals surface area contributed by atoms with Crippen molar-refractivity contribution >= 4 is 7.92 Å². The molecule has 0 aliphatic rings. The highest BCUT2D eigenvalue weighted by molar-refractivity contribution is 7.57. The van der Waals surface area contributed by atoms with Crippen LogP contribution in [-0.2, 0) is 0 Å². The summed E-state index contributed by atoms with van der Waals surface area (Å²) in [6.07, 6.45) is 38.6. The minimum Gasteiger partial charge on any atom is -0.107 e. The van der Waals surface area contributed by atoms with Crippen molar-refractivity contribution in [2.75, 3.05) is 18.5 Å². The molecule has 0 aliphatic carbocycles. The molecule has 0 rings (SSSR count). The lowest BCUT2D eigenvalue weighted by molar-refractivity contribution is 0.471. The van der Waals surface area contributed by atoms with E-state index >= 15 is 0 Å². The van der Waals surface area contributed by atoms with Crippen molar-refractivity contribution in [3.8, 4) is 0 Å². The fraction of sp³-hybridized carbons (Fsp3) is 1.00. The Morgan fingerprint density at radius 3 is 1.12 bits per heavy atom. The van der Waals surface area contributed by atoms with Crippen LogP contribution in [0.5, 0.6) is 0 Å². The van der Waals surface area contributed by atoms with Crippen LogP contribution < -0.4 is 0 Å². The van der Waals surface area contributed by atoms with Crippen LogP contribution in [-0.4, -0.2) is 18.5 Å². The van der Waals surface area contributed by atoms with Gasteiger partial charge in [0.2, 0.25) is 0 Å². The predicted octanol–water partition coefficient (Wildman–Crippen LogP) is 12.1. The molecule has 0 amide bonds. The summed E-state index contributed by atoms with van der Waals surface area (Å²) in [4.78, 5) is 0. The summed E-state index contributed by atoms with van der Waals surface area (Å²) in [7, 11) is 0.326. The lowest BCUT2D eigenvalue weighted by atomic mass is 9.99. The maximum Gasteiger partial charge on any atom is -0.0323 e. The third-order valence-corrected chi connectivity index (χ3v) is 10.2. The van der Waals surface area contributed by atoms with E-state index in [4.69, 9.17) is 0 Å². The Morgan fingerprint density at radius 1 is 0.375 bits per heavy atom. The maximum absolute atomic E-state index is 2.55. The SMILES string of the molecule is CCCCCCCCCCCC(C)CCP(CCCCCCCC)CCCCCCCC. The summed E-state index contributed by atoms with van der Waals surface area (Å²) in [5.74, 6) is 0.971. The zero-order valence-corrected chi connectivity index (χ0v) is 24.3. The standard InChI is InChI=1S/C31H65P/c1-5-8-11-14-17-18-19-20-23-26-31(4)27-30-32(28-24-21-15-12-9-6-2)29-25-22-16-13-10-7-3/h31H,5-30H2,1-4H3. The molecular formula is C31H65P. The van der Waals surface area contributed by atoms with Gasteiger partial charge in [-0.15, -0.1) is 7.92 Å². The van der Waals surface area contributed by atoms with Crippen LogP contribution in [0, 0.1) is 5.92 Å². The molecule has 0 aromatic heterocycles. The molecule has 0 radical (unpaired) electrons. The van der Waals surface area contributed by atoms with Crippen LogP contribution in [0.2, 0.25) is 0 Å². The van der Waals surface area contributed by atoms with Crippen molar-refractivity contribution < 1.29 is 0 Å². The van der Waals surface area contributed by atoms with E-state index in [1.165, 1.54) is 148 Å². The van der Waals surface area contributed by atoms with Gasteiger partial charge in [0.15, 0.2) is 0 Å². The van der Waals surface area contributed by atoms with Gasteiger partial charge in [-0.1, -0.05) is 156 Å². The molecule has 0 aromatic rings. The Balaban J connectivity index is 3.89. The smallest absolute Gasteiger partial charge is 0.0323 e. The molecule has 0 saturated heterocycles. The Hall–Kier alpha value is 0.430. The van der Waals surface area contributed by atoms with Gasteiger partial charge < -0.3 is 0 Å². The third kappa shape index (κ3) is 25.1. The van der Waals surface area contributed by atoms with Crippen molar-refractivity contribution in [1.82, 2.24) is 0 Å². The highest BCUT2D eigenvalue weighted by Gasteiger charge is 2.11. The van der Waals surface area contributed by atoms with E-state index in [0.717, 1.165) is 5.92 Å². The first-order chi connectivity index (χ1) is 15.7. The zero-order valence-electron chi connectivity index (χ0n) is 23.4. The molecule has 32 heavy (non-hydrogen) atoms. The zero-order chi connectivity index (χ0) is 23.5. The molecule has 0 heterocycles. The summed E-state index contributed by atoms with van der Waals surface area (Å²) in [5.41, 5.74) is 0. The molecule has 0 N–H and O–H groups in total. The summed E-state index contributed by atoms with van der Waals surface area (Å²) >= 11 is 0. The van der Waals surface area contributed by atoms with Crippen molar-refractivity contribution in [2.24, 2.45) is 5.92 Å². The average Bonchev–Trinajstić information content (AvgIpc) is 2.80. The van der Waals surface area contributed by atoms with Crippen LogP contribution in [0.1, 0.15) is 175 Å². The second-order valence-corrected chi connectivity index (χ2v) is 13.6. The van der Waals surface area contributed by atoms with Crippen LogP contribution >= 0.6 is 7.92 Å². The molecule has 0 fully saturated rings. The Labute approximate surface area is 207 Å². The first-order valence-corrected chi connectivity index (χ1v) is 17.4. The lowest BCUT2D eigenvalue weighted by Crippen LogP contribution is -2.02. The maximum atomic E-state index is 2.55. The van der Waals surface area contributed by atoms with Crippen LogP contribution in [0.25, 0.3) is 0 Å². The first kappa shape index (κ1) is 32.4. The number of rotatable bonds is 27. The summed E-state index contributed by atoms with van der Waals surface area (Å²) in [6.45, 7) is 9.52. The molecule has 0 saturated carbocycles. The van der Waals surface area contributed by atoms with Crippen molar-refractivity contribution in [1.29, 1.82) is 0 Å². The number of hydrogen-bond donors (Lipinski definition) is 0. The van der Waals surface area contributed by atoms with E-state index in [2.05, 4.69) is 27.7 Å². The van der Waals surface area contributed by atoms with Gasteiger partial charge in [-0.3, -0.25) is 0 Å². The minimum absolute atomic E-state index is 0.326. The van der Waals surface area contributed by atoms with Gasteiger partial charge in [-0.05, 0) is 43.7 Å². The Bertz CT molecular complexity index is 310. The van der Waals surface area contributed by atoms with E-state index in [9.17, 15) is 0 Å². The van der Waals surface area contributed by atoms with Crippen molar-refractivity contribution in [2.45, 2.75) is 175 Å². The molecule has 0 aliphatic heterocycles. The van der Waals surface area contributed by atoms with Gasteiger partial charge in [0.05, 0.1) is 0 Å². The fourth-order valence-electron chi connectivity index (χ4n) is 4.92.